The number of aromatic amines is 2. The molecule has 0 fully saturated rings. The molecule has 15 nitrogen and oxygen atoms in total. The van der Waals surface area contributed by atoms with Gasteiger partial charge in [-0.3, -0.25) is 19.2 Å². The van der Waals surface area contributed by atoms with Gasteiger partial charge in [0.15, 0.2) is 0 Å². The zero-order valence-corrected chi connectivity index (χ0v) is 20.0. The highest BCUT2D eigenvalue weighted by molar-refractivity contribution is 7.80. The number of nitrogens with two attached hydrogens (primary N) is 2. The molecule has 0 aliphatic rings. The number of aromatic nitrogens is 4. The van der Waals surface area contributed by atoms with Crippen molar-refractivity contribution < 1.29 is 29.1 Å². The van der Waals surface area contributed by atoms with Crippen molar-refractivity contribution in [1.29, 1.82) is 0 Å². The molecule has 2 heterocycles. The van der Waals surface area contributed by atoms with Gasteiger partial charge in [0, 0.05) is 48.8 Å². The van der Waals surface area contributed by atoms with Gasteiger partial charge >= 0.3 is 5.97 Å². The van der Waals surface area contributed by atoms with E-state index < -0.39 is 53.8 Å². The van der Waals surface area contributed by atoms with Gasteiger partial charge < -0.3 is 42.5 Å². The molecule has 0 aromatic carbocycles. The number of nitrogens with zero attached hydrogens (tertiary/aromatic N) is 2. The fraction of sp³-hybridized carbons (Fsp3) is 0.450. The SMILES string of the molecule is NC(=O)CCC(NC(=O)C(CS)NC(=O)C(Cc1cnc[nH]1)NC(=O)C(N)Cc1cnc[nH]1)C(=O)O. The van der Waals surface area contributed by atoms with Crippen LogP contribution < -0.4 is 27.4 Å². The largest absolute Gasteiger partial charge is 0.480 e. The molecule has 4 unspecified atom stereocenters. The van der Waals surface area contributed by atoms with Gasteiger partial charge in [-0.1, -0.05) is 0 Å². The number of aliphatic carboxylic acids is 1. The van der Waals surface area contributed by atoms with E-state index in [1.54, 1.807) is 0 Å². The molecule has 2 aromatic heterocycles. The minimum atomic E-state index is -1.40. The van der Waals surface area contributed by atoms with E-state index in [1.165, 1.54) is 25.0 Å². The van der Waals surface area contributed by atoms with Crippen LogP contribution in [-0.4, -0.2) is 84.6 Å². The summed E-state index contributed by atoms with van der Waals surface area (Å²) in [6, 6.07) is -4.78. The molecule has 0 aliphatic carbocycles. The first kappa shape index (κ1) is 28.3. The Kier molecular flexibility index (Phi) is 10.9. The van der Waals surface area contributed by atoms with Crippen LogP contribution in [0, 0.1) is 0 Å². The fourth-order valence-electron chi connectivity index (χ4n) is 3.11. The number of carboxylic acid groups (broad SMARTS) is 1. The third-order valence-electron chi connectivity index (χ3n) is 5.05. The summed E-state index contributed by atoms with van der Waals surface area (Å²) in [5, 5.41) is 16.6. The smallest absolute Gasteiger partial charge is 0.326 e. The lowest BCUT2D eigenvalue weighted by atomic mass is 10.1. The average Bonchev–Trinajstić information content (AvgIpc) is 3.53. The molecule has 0 saturated carbocycles. The van der Waals surface area contributed by atoms with E-state index in [1.807, 2.05) is 0 Å². The monoisotopic (exact) mass is 523 g/mol. The number of thiol groups is 1. The third-order valence-corrected chi connectivity index (χ3v) is 5.42. The standard InChI is InChI=1S/C20H29N9O6S/c21-12(3-10-5-23-8-25-10)17(31)28-14(4-11-6-24-9-26-11)18(32)29-15(7-36)19(33)27-13(20(34)35)1-2-16(22)30/h5-6,8-9,12-15,36H,1-4,7,21H2,(H2,22,30)(H,23,25)(H,24,26)(H,27,33)(H,28,31)(H,29,32)(H,34,35). The molecule has 16 heteroatoms. The van der Waals surface area contributed by atoms with Crippen molar-refractivity contribution in [2.75, 3.05) is 5.75 Å². The Morgan fingerprint density at radius 1 is 0.889 bits per heavy atom. The summed E-state index contributed by atoms with van der Waals surface area (Å²) in [6.07, 6.45) is 5.50. The maximum Gasteiger partial charge on any atom is 0.326 e. The minimum absolute atomic E-state index is 0.00558. The van der Waals surface area contributed by atoms with E-state index >= 15 is 0 Å². The lowest BCUT2D eigenvalue weighted by molar-refractivity contribution is -0.142. The van der Waals surface area contributed by atoms with Crippen LogP contribution in [0.4, 0.5) is 0 Å². The summed E-state index contributed by atoms with van der Waals surface area (Å²) >= 11 is 4.07. The summed E-state index contributed by atoms with van der Waals surface area (Å²) in [6.45, 7) is 0. The average molecular weight is 524 g/mol. The molecule has 0 spiro atoms. The Bertz CT molecular complexity index is 1030. The van der Waals surface area contributed by atoms with E-state index in [0.717, 1.165) is 0 Å². The van der Waals surface area contributed by atoms with E-state index in [9.17, 15) is 29.1 Å². The second-order valence-corrected chi connectivity index (χ2v) is 8.24. The first-order valence-electron chi connectivity index (χ1n) is 10.8. The number of imidazole rings is 2. The molecular formula is C20H29N9O6S. The zero-order chi connectivity index (χ0) is 26.7. The van der Waals surface area contributed by atoms with Crippen molar-refractivity contribution in [3.8, 4) is 0 Å². The van der Waals surface area contributed by atoms with Gasteiger partial charge in [0.25, 0.3) is 0 Å². The topological polar surface area (TPSA) is 251 Å². The van der Waals surface area contributed by atoms with Gasteiger partial charge in [0.05, 0.1) is 18.7 Å². The third kappa shape index (κ3) is 9.03. The number of carbonyl (C=O) groups is 5. The summed E-state index contributed by atoms with van der Waals surface area (Å²) in [7, 11) is 0. The second-order valence-electron chi connectivity index (χ2n) is 7.88. The number of H-pyrrole nitrogens is 2. The number of hydrogen-bond donors (Lipinski definition) is 9. The molecule has 196 valence electrons. The number of carboxylic acids is 1. The van der Waals surface area contributed by atoms with Crippen LogP contribution in [0.5, 0.6) is 0 Å². The van der Waals surface area contributed by atoms with Gasteiger partial charge in [-0.05, 0) is 6.42 Å². The molecule has 2 rings (SSSR count). The van der Waals surface area contributed by atoms with Crippen molar-refractivity contribution in [2.45, 2.75) is 49.9 Å². The second kappa shape index (κ2) is 13.8. The Hall–Kier alpha value is -3.92. The summed E-state index contributed by atoms with van der Waals surface area (Å²) < 4.78 is 0. The number of nitrogens with one attached hydrogen (secondary N) is 5. The quantitative estimate of drug-likeness (QED) is 0.108. The van der Waals surface area contributed by atoms with Gasteiger partial charge in [0.2, 0.25) is 23.6 Å². The summed E-state index contributed by atoms with van der Waals surface area (Å²) in [5.74, 6) is -4.46. The predicted molar refractivity (Wildman–Crippen MR) is 128 cm³/mol. The molecule has 0 aliphatic heterocycles. The Balaban J connectivity index is 2.07. The van der Waals surface area contributed by atoms with Crippen molar-refractivity contribution in [3.63, 3.8) is 0 Å². The summed E-state index contributed by atoms with van der Waals surface area (Å²) in [5.41, 5.74) is 12.2. The van der Waals surface area contributed by atoms with E-state index in [2.05, 4.69) is 48.5 Å². The predicted octanol–water partition coefficient (Wildman–Crippen LogP) is -3.02. The number of hydrogen-bond acceptors (Lipinski definition) is 9. The van der Waals surface area contributed by atoms with Crippen molar-refractivity contribution in [1.82, 2.24) is 35.9 Å². The summed E-state index contributed by atoms with van der Waals surface area (Å²) in [4.78, 5) is 74.1. The van der Waals surface area contributed by atoms with Crippen LogP contribution in [0.1, 0.15) is 24.2 Å². The Labute approximate surface area is 211 Å². The van der Waals surface area contributed by atoms with Gasteiger partial charge in [-0.15, -0.1) is 0 Å². The Morgan fingerprint density at radius 3 is 1.92 bits per heavy atom. The Morgan fingerprint density at radius 2 is 1.42 bits per heavy atom. The van der Waals surface area contributed by atoms with Crippen LogP contribution in [0.25, 0.3) is 0 Å². The molecular weight excluding hydrogens is 494 g/mol. The molecule has 0 radical (unpaired) electrons. The number of carbonyl (C=O) groups excluding carboxylic acids is 4. The van der Waals surface area contributed by atoms with Crippen LogP contribution in [-0.2, 0) is 36.8 Å². The molecule has 36 heavy (non-hydrogen) atoms. The van der Waals surface area contributed by atoms with Gasteiger partial charge in [-0.25, -0.2) is 14.8 Å². The first-order valence-corrected chi connectivity index (χ1v) is 11.5. The van der Waals surface area contributed by atoms with Gasteiger partial charge in [-0.2, -0.15) is 12.6 Å². The fourth-order valence-corrected chi connectivity index (χ4v) is 3.37. The maximum absolute atomic E-state index is 13.0. The zero-order valence-electron chi connectivity index (χ0n) is 19.1. The van der Waals surface area contributed by atoms with E-state index in [0.29, 0.717) is 11.4 Å². The highest BCUT2D eigenvalue weighted by Gasteiger charge is 2.30. The van der Waals surface area contributed by atoms with Gasteiger partial charge in [0.1, 0.15) is 18.1 Å². The molecule has 0 bridgehead atoms. The molecule has 2 aromatic rings. The molecule has 10 N–H and O–H groups in total. The number of amides is 4. The van der Waals surface area contributed by atoms with Crippen molar-refractivity contribution in [3.05, 3.63) is 36.4 Å². The highest BCUT2D eigenvalue weighted by atomic mass is 32.1. The van der Waals surface area contributed by atoms with Crippen LogP contribution >= 0.6 is 12.6 Å². The van der Waals surface area contributed by atoms with Crippen molar-refractivity contribution >= 4 is 42.2 Å². The normalized spacial score (nSPS) is 14.2. The lowest BCUT2D eigenvalue weighted by Crippen LogP contribution is -2.58. The van der Waals surface area contributed by atoms with E-state index in [4.69, 9.17) is 11.5 Å². The minimum Gasteiger partial charge on any atom is -0.480 e. The number of primary amides is 1. The molecule has 4 amide bonds. The molecule has 4 atom stereocenters. The number of rotatable bonds is 15. The highest BCUT2D eigenvalue weighted by Crippen LogP contribution is 2.04. The van der Waals surface area contributed by atoms with Crippen LogP contribution in [0.15, 0.2) is 25.0 Å². The van der Waals surface area contributed by atoms with Crippen LogP contribution in [0.3, 0.4) is 0 Å². The van der Waals surface area contributed by atoms with Crippen molar-refractivity contribution in [2.24, 2.45) is 11.5 Å². The molecule has 0 saturated heterocycles. The first-order chi connectivity index (χ1) is 17.1. The van der Waals surface area contributed by atoms with E-state index in [-0.39, 0.29) is 31.4 Å². The lowest BCUT2D eigenvalue weighted by Gasteiger charge is -2.24. The van der Waals surface area contributed by atoms with Crippen LogP contribution in [0.2, 0.25) is 0 Å². The maximum atomic E-state index is 13.0.